The number of nitrogens with one attached hydrogen (secondary N) is 4. The number of carbonyl (C=O) groups is 2. The smallest absolute Gasteiger partial charge is 0.416 e. The molecule has 0 saturated carbocycles. The van der Waals surface area contributed by atoms with Crippen molar-refractivity contribution >= 4 is 40.3 Å². The third-order valence-corrected chi connectivity index (χ3v) is 9.00. The van der Waals surface area contributed by atoms with Crippen LogP contribution in [-0.2, 0) is 26.9 Å². The maximum atomic E-state index is 14.0. The molecule has 1 aliphatic rings. The Bertz CT molecular complexity index is 1890. The van der Waals surface area contributed by atoms with E-state index in [1.165, 1.54) is 7.11 Å². The van der Waals surface area contributed by atoms with E-state index in [0.29, 0.717) is 30.9 Å². The number of anilines is 1. The number of ether oxygens (including phenoxy) is 2. The molecule has 2 amide bonds. The number of methoxy groups -OCH3 is 1. The molecule has 4 N–H and O–H groups in total. The first-order valence-electron chi connectivity index (χ1n) is 16.0. The molecule has 0 aliphatic carbocycles. The summed E-state index contributed by atoms with van der Waals surface area (Å²) in [6.07, 6.45) is -4.24. The fourth-order valence-corrected chi connectivity index (χ4v) is 6.44. The number of benzene rings is 4. The number of fused-ring (bicyclic) bond motifs is 1. The van der Waals surface area contributed by atoms with Gasteiger partial charge in [-0.05, 0) is 47.7 Å². The molecular formula is C37H35ClF3N5O4. The molecule has 0 radical (unpaired) electrons. The molecule has 0 unspecified atom stereocenters. The van der Waals surface area contributed by atoms with Gasteiger partial charge in [0.15, 0.2) is 0 Å². The van der Waals surface area contributed by atoms with Gasteiger partial charge in [0, 0.05) is 18.2 Å². The molecule has 260 valence electrons. The summed E-state index contributed by atoms with van der Waals surface area (Å²) in [5, 5.41) is 9.09. The number of nitrogens with zero attached hydrogens (tertiary/aromatic N) is 1. The van der Waals surface area contributed by atoms with Crippen LogP contribution in [0, 0.1) is 0 Å². The Balaban J connectivity index is 1.13. The van der Waals surface area contributed by atoms with Crippen molar-refractivity contribution in [3.05, 3.63) is 130 Å². The van der Waals surface area contributed by atoms with Crippen LogP contribution < -0.4 is 16.0 Å². The first-order chi connectivity index (χ1) is 24.1. The number of alkyl carbamates (subject to hydrolysis) is 1. The first kappa shape index (κ1) is 34.9. The van der Waals surface area contributed by atoms with Gasteiger partial charge in [-0.15, -0.1) is 0 Å². The first-order valence-corrected chi connectivity index (χ1v) is 16.4. The summed E-state index contributed by atoms with van der Waals surface area (Å²) in [5.74, 6) is -0.479. The number of H-pyrrole nitrogens is 1. The summed E-state index contributed by atoms with van der Waals surface area (Å²) >= 11 is 6.12. The number of hydrogen-bond donors (Lipinski definition) is 4. The maximum absolute atomic E-state index is 14.0. The molecule has 4 aromatic carbocycles. The summed E-state index contributed by atoms with van der Waals surface area (Å²) in [6.45, 7) is 0.715. The minimum atomic E-state index is -4.53. The SMILES string of the molecule is COC(=O)N[C@H](C(=O)Nc1ccccc1CC[C@@H]1CN[C@H](c2nc3c(Cl)cc(C(F)(F)F)cc3[nH]2)CO1)C(c1ccccc1)c1ccccc1. The van der Waals surface area contributed by atoms with Gasteiger partial charge in [-0.1, -0.05) is 90.5 Å². The Labute approximate surface area is 291 Å². The monoisotopic (exact) mass is 705 g/mol. The third kappa shape index (κ3) is 8.10. The molecule has 50 heavy (non-hydrogen) atoms. The van der Waals surface area contributed by atoms with E-state index >= 15 is 0 Å². The highest BCUT2D eigenvalue weighted by Gasteiger charge is 2.34. The molecule has 13 heteroatoms. The number of morpholine rings is 1. The zero-order valence-corrected chi connectivity index (χ0v) is 27.7. The summed E-state index contributed by atoms with van der Waals surface area (Å²) < 4.78 is 50.8. The normalized spacial score (nSPS) is 17.0. The molecule has 2 heterocycles. The van der Waals surface area contributed by atoms with Crippen LogP contribution in [0.25, 0.3) is 11.0 Å². The van der Waals surface area contributed by atoms with Crippen molar-refractivity contribution in [1.82, 2.24) is 20.6 Å². The van der Waals surface area contributed by atoms with Crippen molar-refractivity contribution < 1.29 is 32.2 Å². The fourth-order valence-electron chi connectivity index (χ4n) is 6.18. The Kier molecular flexibility index (Phi) is 10.7. The van der Waals surface area contributed by atoms with Crippen LogP contribution in [0.2, 0.25) is 5.02 Å². The van der Waals surface area contributed by atoms with Crippen molar-refractivity contribution in [1.29, 1.82) is 0 Å². The van der Waals surface area contributed by atoms with Gasteiger partial charge >= 0.3 is 12.3 Å². The van der Waals surface area contributed by atoms with E-state index in [1.807, 2.05) is 84.9 Å². The zero-order chi connectivity index (χ0) is 35.3. The molecule has 9 nitrogen and oxygen atoms in total. The highest BCUT2D eigenvalue weighted by molar-refractivity contribution is 6.35. The van der Waals surface area contributed by atoms with Gasteiger partial charge in [-0.25, -0.2) is 9.78 Å². The van der Waals surface area contributed by atoms with Crippen molar-refractivity contribution in [2.75, 3.05) is 25.6 Å². The van der Waals surface area contributed by atoms with E-state index in [0.717, 1.165) is 28.8 Å². The molecule has 0 spiro atoms. The number of rotatable bonds is 10. The average molecular weight is 706 g/mol. The second-order valence-corrected chi connectivity index (χ2v) is 12.4. The van der Waals surface area contributed by atoms with Crippen molar-refractivity contribution in [2.45, 2.75) is 43.1 Å². The van der Waals surface area contributed by atoms with E-state index in [4.69, 9.17) is 21.1 Å². The molecule has 6 rings (SSSR count). The van der Waals surface area contributed by atoms with Crippen molar-refractivity contribution in [3.8, 4) is 0 Å². The lowest BCUT2D eigenvalue weighted by molar-refractivity contribution is -0.137. The van der Waals surface area contributed by atoms with E-state index in [2.05, 4.69) is 25.9 Å². The minimum Gasteiger partial charge on any atom is -0.453 e. The van der Waals surface area contributed by atoms with Gasteiger partial charge in [-0.3, -0.25) is 4.79 Å². The topological polar surface area (TPSA) is 117 Å². The number of halogens is 4. The fraction of sp³-hybridized carbons (Fsp3) is 0.270. The van der Waals surface area contributed by atoms with Crippen LogP contribution >= 0.6 is 11.6 Å². The molecular weight excluding hydrogens is 671 g/mol. The quantitative estimate of drug-likeness (QED) is 0.120. The van der Waals surface area contributed by atoms with Gasteiger partial charge in [0.1, 0.15) is 17.4 Å². The number of imidazole rings is 1. The summed E-state index contributed by atoms with van der Waals surface area (Å²) in [6, 6.07) is 27.0. The number of aromatic amines is 1. The van der Waals surface area contributed by atoms with Crippen LogP contribution in [0.1, 0.15) is 46.5 Å². The number of aromatic nitrogens is 2. The lowest BCUT2D eigenvalue weighted by Crippen LogP contribution is -2.48. The lowest BCUT2D eigenvalue weighted by Gasteiger charge is -2.30. The van der Waals surface area contributed by atoms with Gasteiger partial charge in [0.25, 0.3) is 0 Å². The van der Waals surface area contributed by atoms with E-state index in [9.17, 15) is 22.8 Å². The highest BCUT2D eigenvalue weighted by Crippen LogP contribution is 2.35. The number of alkyl halides is 3. The molecule has 0 bridgehead atoms. The number of hydrogen-bond acceptors (Lipinski definition) is 6. The predicted octanol–water partition coefficient (Wildman–Crippen LogP) is 7.39. The van der Waals surface area contributed by atoms with Gasteiger partial charge < -0.3 is 30.4 Å². The largest absolute Gasteiger partial charge is 0.453 e. The van der Waals surface area contributed by atoms with Crippen LogP contribution in [-0.4, -0.2) is 54.4 Å². The third-order valence-electron chi connectivity index (χ3n) is 8.71. The van der Waals surface area contributed by atoms with Gasteiger partial charge in [0.05, 0.1) is 42.0 Å². The standard InChI is InChI=1S/C37H35ClF3N5O4/c1-49-36(48)46-33(31(23-11-4-2-5-12-23)24-13-6-3-7-14-24)35(47)44-28-15-9-8-10-22(28)16-17-26-20-42-30(21-50-26)34-43-29-19-25(37(39,40)41)18-27(38)32(29)45-34/h2-15,18-19,26,30-31,33,42H,16-17,20-21H2,1H3,(H,43,45)(H,44,47)(H,46,48)/t26-,30+,33+/m1/s1. The number of para-hydroxylation sites is 1. The van der Waals surface area contributed by atoms with E-state index in [1.54, 1.807) is 0 Å². The van der Waals surface area contributed by atoms with Crippen LogP contribution in [0.5, 0.6) is 0 Å². The Morgan fingerprint density at radius 1 is 1.00 bits per heavy atom. The second-order valence-electron chi connectivity index (χ2n) is 12.0. The van der Waals surface area contributed by atoms with Crippen molar-refractivity contribution in [2.24, 2.45) is 0 Å². The molecule has 5 aromatic rings. The van der Waals surface area contributed by atoms with Crippen molar-refractivity contribution in [3.63, 3.8) is 0 Å². The number of amides is 2. The predicted molar refractivity (Wildman–Crippen MR) is 184 cm³/mol. The van der Waals surface area contributed by atoms with Crippen LogP contribution in [0.4, 0.5) is 23.7 Å². The Morgan fingerprint density at radius 3 is 2.28 bits per heavy atom. The van der Waals surface area contributed by atoms with Gasteiger partial charge in [-0.2, -0.15) is 13.2 Å². The summed E-state index contributed by atoms with van der Waals surface area (Å²) in [5.41, 5.74) is 2.79. The molecule has 3 atom stereocenters. The van der Waals surface area contributed by atoms with Gasteiger partial charge in [0.2, 0.25) is 5.91 Å². The second kappa shape index (κ2) is 15.3. The summed E-state index contributed by atoms with van der Waals surface area (Å²) in [4.78, 5) is 34.0. The Hall–Kier alpha value is -4.91. The molecule has 1 fully saturated rings. The molecule has 1 aliphatic heterocycles. The molecule has 1 saturated heterocycles. The lowest BCUT2D eigenvalue weighted by atomic mass is 9.84. The van der Waals surface area contributed by atoms with E-state index in [-0.39, 0.29) is 34.8 Å². The number of carbonyl (C=O) groups excluding carboxylic acids is 2. The maximum Gasteiger partial charge on any atom is 0.416 e. The summed E-state index contributed by atoms with van der Waals surface area (Å²) in [7, 11) is 1.25. The molecule has 1 aromatic heterocycles. The highest BCUT2D eigenvalue weighted by atomic mass is 35.5. The van der Waals surface area contributed by atoms with Crippen LogP contribution in [0.15, 0.2) is 97.1 Å². The Morgan fingerprint density at radius 2 is 1.66 bits per heavy atom. The number of aryl methyl sites for hydroxylation is 1. The van der Waals surface area contributed by atoms with E-state index < -0.39 is 35.7 Å². The zero-order valence-electron chi connectivity index (χ0n) is 27.0. The average Bonchev–Trinajstić information content (AvgIpc) is 3.57. The van der Waals surface area contributed by atoms with Crippen LogP contribution in [0.3, 0.4) is 0 Å². The minimum absolute atomic E-state index is 0.0827.